The highest BCUT2D eigenvalue weighted by molar-refractivity contribution is 5.89. The van der Waals surface area contributed by atoms with Crippen LogP contribution in [0.5, 0.6) is 0 Å². The molecule has 0 fully saturated rings. The second-order valence-corrected chi connectivity index (χ2v) is 3.32. The SMILES string of the molecule is N#CC(=Cc1ccnc(F)c1)c1ccncc1. The highest BCUT2D eigenvalue weighted by Crippen LogP contribution is 2.16. The number of nitriles is 1. The lowest BCUT2D eigenvalue weighted by atomic mass is 10.1. The van der Waals surface area contributed by atoms with E-state index < -0.39 is 5.95 Å². The average molecular weight is 225 g/mol. The molecule has 17 heavy (non-hydrogen) atoms. The largest absolute Gasteiger partial charge is 0.265 e. The third-order valence-corrected chi connectivity index (χ3v) is 2.17. The molecule has 0 aliphatic rings. The van der Waals surface area contributed by atoms with Crippen molar-refractivity contribution in [3.8, 4) is 6.07 Å². The summed E-state index contributed by atoms with van der Waals surface area (Å²) in [5.74, 6) is -0.564. The van der Waals surface area contributed by atoms with Gasteiger partial charge in [0.1, 0.15) is 0 Å². The molecule has 2 aromatic heterocycles. The zero-order valence-electron chi connectivity index (χ0n) is 8.84. The molecule has 2 heterocycles. The van der Waals surface area contributed by atoms with Crippen LogP contribution in [0, 0.1) is 17.3 Å². The molecule has 2 rings (SSSR count). The summed E-state index contributed by atoms with van der Waals surface area (Å²) in [6, 6.07) is 8.45. The van der Waals surface area contributed by atoms with Crippen molar-refractivity contribution < 1.29 is 4.39 Å². The average Bonchev–Trinajstić information content (AvgIpc) is 2.37. The van der Waals surface area contributed by atoms with Crippen molar-refractivity contribution in [2.75, 3.05) is 0 Å². The number of aromatic nitrogens is 2. The van der Waals surface area contributed by atoms with E-state index in [-0.39, 0.29) is 0 Å². The molecule has 0 amide bonds. The normalized spacial score (nSPS) is 10.9. The Labute approximate surface area is 97.9 Å². The first-order chi connectivity index (χ1) is 8.29. The molecule has 0 bridgehead atoms. The maximum atomic E-state index is 12.9. The summed E-state index contributed by atoms with van der Waals surface area (Å²) in [5.41, 5.74) is 1.81. The van der Waals surface area contributed by atoms with E-state index in [4.69, 9.17) is 5.26 Å². The lowest BCUT2D eigenvalue weighted by molar-refractivity contribution is 0.583. The van der Waals surface area contributed by atoms with Gasteiger partial charge in [-0.3, -0.25) is 4.98 Å². The van der Waals surface area contributed by atoms with Crippen LogP contribution in [0.25, 0.3) is 11.6 Å². The minimum atomic E-state index is -0.564. The van der Waals surface area contributed by atoms with Crippen molar-refractivity contribution in [1.82, 2.24) is 9.97 Å². The Hall–Kier alpha value is -2.54. The summed E-state index contributed by atoms with van der Waals surface area (Å²) in [6.07, 6.45) is 6.18. The first-order valence-corrected chi connectivity index (χ1v) is 4.93. The van der Waals surface area contributed by atoms with Gasteiger partial charge in [-0.15, -0.1) is 0 Å². The second-order valence-electron chi connectivity index (χ2n) is 3.32. The number of rotatable bonds is 2. The summed E-state index contributed by atoms with van der Waals surface area (Å²) >= 11 is 0. The lowest BCUT2D eigenvalue weighted by Crippen LogP contribution is -1.85. The van der Waals surface area contributed by atoms with Gasteiger partial charge in [-0.2, -0.15) is 9.65 Å². The third kappa shape index (κ3) is 2.73. The topological polar surface area (TPSA) is 49.6 Å². The Morgan fingerprint density at radius 1 is 1.24 bits per heavy atom. The number of hydrogen-bond acceptors (Lipinski definition) is 3. The fraction of sp³-hybridized carbons (Fsp3) is 0. The molecule has 0 atom stereocenters. The monoisotopic (exact) mass is 225 g/mol. The van der Waals surface area contributed by atoms with Crippen molar-refractivity contribution in [3.05, 3.63) is 59.9 Å². The number of nitrogens with zero attached hydrogens (tertiary/aromatic N) is 3. The Bertz CT molecular complexity index is 585. The van der Waals surface area contributed by atoms with Gasteiger partial charge in [0.25, 0.3) is 0 Å². The van der Waals surface area contributed by atoms with E-state index in [1.807, 2.05) is 0 Å². The van der Waals surface area contributed by atoms with Crippen molar-refractivity contribution in [3.63, 3.8) is 0 Å². The fourth-order valence-corrected chi connectivity index (χ4v) is 1.39. The molecular formula is C13H8FN3. The van der Waals surface area contributed by atoms with Crippen LogP contribution in [-0.4, -0.2) is 9.97 Å². The van der Waals surface area contributed by atoms with Crippen LogP contribution in [0.4, 0.5) is 4.39 Å². The van der Waals surface area contributed by atoms with E-state index in [2.05, 4.69) is 16.0 Å². The predicted octanol–water partition coefficient (Wildman–Crippen LogP) is 2.68. The highest BCUT2D eigenvalue weighted by atomic mass is 19.1. The highest BCUT2D eigenvalue weighted by Gasteiger charge is 2.01. The standard InChI is InChI=1S/C13H8FN3/c14-13-8-10(1-6-17-13)7-12(9-15)11-2-4-16-5-3-11/h1-8H. The van der Waals surface area contributed by atoms with Gasteiger partial charge in [0, 0.05) is 24.7 Å². The van der Waals surface area contributed by atoms with Crippen LogP contribution in [0.3, 0.4) is 0 Å². The summed E-state index contributed by atoms with van der Waals surface area (Å²) < 4.78 is 12.9. The van der Waals surface area contributed by atoms with Gasteiger partial charge >= 0.3 is 0 Å². The maximum absolute atomic E-state index is 12.9. The van der Waals surface area contributed by atoms with Gasteiger partial charge in [-0.25, -0.2) is 4.98 Å². The van der Waals surface area contributed by atoms with E-state index in [9.17, 15) is 4.39 Å². The first kappa shape index (κ1) is 11.0. The van der Waals surface area contributed by atoms with Crippen molar-refractivity contribution >= 4 is 11.6 Å². The van der Waals surface area contributed by atoms with Crippen LogP contribution >= 0.6 is 0 Å². The van der Waals surface area contributed by atoms with E-state index in [0.29, 0.717) is 11.1 Å². The minimum Gasteiger partial charge on any atom is -0.265 e. The number of hydrogen-bond donors (Lipinski definition) is 0. The summed E-state index contributed by atoms with van der Waals surface area (Å²) in [7, 11) is 0. The fourth-order valence-electron chi connectivity index (χ4n) is 1.39. The van der Waals surface area contributed by atoms with Gasteiger partial charge in [0.05, 0.1) is 11.6 Å². The molecule has 0 radical (unpaired) electrons. The van der Waals surface area contributed by atoms with Gasteiger partial charge in [0.2, 0.25) is 5.95 Å². The molecule has 0 saturated heterocycles. The smallest absolute Gasteiger partial charge is 0.213 e. The molecule has 4 heteroatoms. The van der Waals surface area contributed by atoms with E-state index in [1.54, 1.807) is 36.7 Å². The summed E-state index contributed by atoms with van der Waals surface area (Å²) in [6.45, 7) is 0. The summed E-state index contributed by atoms with van der Waals surface area (Å²) in [5, 5.41) is 9.06. The molecule has 0 unspecified atom stereocenters. The predicted molar refractivity (Wildman–Crippen MR) is 61.9 cm³/mol. The van der Waals surface area contributed by atoms with Gasteiger partial charge in [-0.05, 0) is 35.4 Å². The molecule has 0 aliphatic heterocycles. The van der Waals surface area contributed by atoms with Crippen LogP contribution in [0.1, 0.15) is 11.1 Å². The van der Waals surface area contributed by atoms with Gasteiger partial charge in [0.15, 0.2) is 0 Å². The van der Waals surface area contributed by atoms with Gasteiger partial charge in [-0.1, -0.05) is 0 Å². The molecule has 0 N–H and O–H groups in total. The molecular weight excluding hydrogens is 217 g/mol. The zero-order chi connectivity index (χ0) is 12.1. The quantitative estimate of drug-likeness (QED) is 0.583. The van der Waals surface area contributed by atoms with Crippen LogP contribution < -0.4 is 0 Å². The van der Waals surface area contributed by atoms with E-state index >= 15 is 0 Å². The van der Waals surface area contributed by atoms with Crippen LogP contribution in [-0.2, 0) is 0 Å². The molecule has 82 valence electrons. The Morgan fingerprint density at radius 3 is 2.65 bits per heavy atom. The second kappa shape index (κ2) is 4.99. The zero-order valence-corrected chi connectivity index (χ0v) is 8.84. The molecule has 0 aliphatic carbocycles. The molecule has 3 nitrogen and oxygen atoms in total. The Balaban J connectivity index is 2.41. The maximum Gasteiger partial charge on any atom is 0.213 e. The van der Waals surface area contributed by atoms with Crippen LogP contribution in [0.2, 0.25) is 0 Å². The van der Waals surface area contributed by atoms with Crippen molar-refractivity contribution in [2.45, 2.75) is 0 Å². The lowest BCUT2D eigenvalue weighted by Gasteiger charge is -1.98. The van der Waals surface area contributed by atoms with E-state index in [1.165, 1.54) is 12.3 Å². The summed E-state index contributed by atoms with van der Waals surface area (Å²) in [4.78, 5) is 7.33. The van der Waals surface area contributed by atoms with Crippen molar-refractivity contribution in [1.29, 1.82) is 5.26 Å². The Kier molecular flexibility index (Phi) is 3.22. The molecule has 0 spiro atoms. The van der Waals surface area contributed by atoms with Crippen molar-refractivity contribution in [2.24, 2.45) is 0 Å². The molecule has 0 saturated carbocycles. The first-order valence-electron chi connectivity index (χ1n) is 4.93. The number of allylic oxidation sites excluding steroid dienone is 1. The van der Waals surface area contributed by atoms with Crippen LogP contribution in [0.15, 0.2) is 42.9 Å². The molecule has 0 aromatic carbocycles. The van der Waals surface area contributed by atoms with E-state index in [0.717, 1.165) is 5.56 Å². The van der Waals surface area contributed by atoms with Gasteiger partial charge < -0.3 is 0 Å². The Morgan fingerprint density at radius 2 is 2.00 bits per heavy atom. The third-order valence-electron chi connectivity index (χ3n) is 2.17. The number of halogens is 1. The minimum absolute atomic E-state index is 0.456. The number of pyridine rings is 2. The molecule has 2 aromatic rings.